The first-order valence-corrected chi connectivity index (χ1v) is 4.50. The molecule has 0 aromatic heterocycles. The predicted molar refractivity (Wildman–Crippen MR) is 61.0 cm³/mol. The summed E-state index contributed by atoms with van der Waals surface area (Å²) in [5.41, 5.74) is 1.08. The van der Waals surface area contributed by atoms with E-state index in [1.165, 1.54) is 0 Å². The third-order valence-corrected chi connectivity index (χ3v) is 1.65. The summed E-state index contributed by atoms with van der Waals surface area (Å²) in [6, 6.07) is 0. The van der Waals surface area contributed by atoms with Gasteiger partial charge >= 0.3 is 0 Å². The molecule has 0 N–H and O–H groups in total. The lowest BCUT2D eigenvalue weighted by molar-refractivity contribution is 0.625. The van der Waals surface area contributed by atoms with Crippen molar-refractivity contribution < 1.29 is 0 Å². The molecule has 0 unspecified atom stereocenters. The molecule has 0 aromatic carbocycles. The number of rotatable bonds is 4. The van der Waals surface area contributed by atoms with Gasteiger partial charge in [-0.1, -0.05) is 38.7 Å². The molecule has 72 valence electrons. The van der Waals surface area contributed by atoms with Crippen molar-refractivity contribution in [3.63, 3.8) is 0 Å². The van der Waals surface area contributed by atoms with Crippen molar-refractivity contribution in [1.82, 2.24) is 0 Å². The van der Waals surface area contributed by atoms with Gasteiger partial charge in [0.25, 0.3) is 0 Å². The lowest BCUT2D eigenvalue weighted by atomic mass is 9.92. The third kappa shape index (κ3) is 6.09. The molecule has 0 saturated heterocycles. The van der Waals surface area contributed by atoms with Crippen LogP contribution in [0.1, 0.15) is 27.7 Å². The van der Waals surface area contributed by atoms with Gasteiger partial charge in [0.2, 0.25) is 0 Å². The topological polar surface area (TPSA) is 12.4 Å². The SMILES string of the molecule is C=C/N=C(C)/C=C\C(C)(C)/C=C\C. The maximum absolute atomic E-state index is 4.06. The van der Waals surface area contributed by atoms with Gasteiger partial charge in [-0.05, 0) is 19.9 Å². The molecule has 1 nitrogen and oxygen atoms in total. The second kappa shape index (κ2) is 5.52. The normalized spacial score (nSPS) is 14.3. The van der Waals surface area contributed by atoms with E-state index < -0.39 is 0 Å². The van der Waals surface area contributed by atoms with Gasteiger partial charge in [0, 0.05) is 17.3 Å². The molecular formula is C12H19N. The van der Waals surface area contributed by atoms with Gasteiger partial charge in [0.15, 0.2) is 0 Å². The average Bonchev–Trinajstić information content (AvgIpc) is 2.02. The Morgan fingerprint density at radius 2 is 1.92 bits per heavy atom. The van der Waals surface area contributed by atoms with Crippen LogP contribution < -0.4 is 0 Å². The van der Waals surface area contributed by atoms with Crippen LogP contribution in [-0.4, -0.2) is 5.71 Å². The zero-order valence-corrected chi connectivity index (χ0v) is 9.04. The summed E-state index contributed by atoms with van der Waals surface area (Å²) < 4.78 is 0. The fraction of sp³-hybridized carbons (Fsp3) is 0.417. The lowest BCUT2D eigenvalue weighted by Gasteiger charge is -2.13. The molecule has 0 rings (SSSR count). The Bertz CT molecular complexity index is 242. The van der Waals surface area contributed by atoms with E-state index in [9.17, 15) is 0 Å². The van der Waals surface area contributed by atoms with E-state index in [-0.39, 0.29) is 5.41 Å². The van der Waals surface area contributed by atoms with Gasteiger partial charge in [-0.25, -0.2) is 0 Å². The van der Waals surface area contributed by atoms with Gasteiger partial charge in [-0.3, -0.25) is 4.99 Å². The molecule has 0 aliphatic heterocycles. The quantitative estimate of drug-likeness (QED) is 0.458. The Kier molecular flexibility index (Phi) is 5.05. The molecular weight excluding hydrogens is 158 g/mol. The summed E-state index contributed by atoms with van der Waals surface area (Å²) in [4.78, 5) is 4.06. The Balaban J connectivity index is 4.41. The van der Waals surface area contributed by atoms with Crippen molar-refractivity contribution in [3.8, 4) is 0 Å². The predicted octanol–water partition coefficient (Wildman–Crippen LogP) is 3.75. The van der Waals surface area contributed by atoms with Crippen LogP contribution >= 0.6 is 0 Å². The molecule has 1 heteroatoms. The van der Waals surface area contributed by atoms with Crippen LogP contribution in [0, 0.1) is 5.41 Å². The molecule has 0 aliphatic carbocycles. The smallest absolute Gasteiger partial charge is 0.0369 e. The highest BCUT2D eigenvalue weighted by atomic mass is 14.7. The molecule has 0 saturated carbocycles. The van der Waals surface area contributed by atoms with E-state index in [0.717, 1.165) is 5.71 Å². The van der Waals surface area contributed by atoms with Crippen LogP contribution in [0.2, 0.25) is 0 Å². The summed E-state index contributed by atoms with van der Waals surface area (Å²) in [6.07, 6.45) is 9.92. The van der Waals surface area contributed by atoms with Crippen molar-refractivity contribution in [2.75, 3.05) is 0 Å². The molecule has 13 heavy (non-hydrogen) atoms. The highest BCUT2D eigenvalue weighted by Crippen LogP contribution is 2.18. The first kappa shape index (κ1) is 11.9. The second-order valence-corrected chi connectivity index (χ2v) is 3.61. The Morgan fingerprint density at radius 3 is 2.38 bits per heavy atom. The minimum Gasteiger partial charge on any atom is -0.262 e. The number of aliphatic imine (C=N–C) groups is 1. The summed E-state index contributed by atoms with van der Waals surface area (Å²) in [6.45, 7) is 11.9. The van der Waals surface area contributed by atoms with E-state index in [1.54, 1.807) is 6.20 Å². The molecule has 0 fully saturated rings. The Hall–Kier alpha value is -1.11. The van der Waals surface area contributed by atoms with Gasteiger partial charge in [0.1, 0.15) is 0 Å². The molecule has 0 radical (unpaired) electrons. The fourth-order valence-electron chi connectivity index (χ4n) is 1.01. The van der Waals surface area contributed by atoms with E-state index in [1.807, 2.05) is 19.9 Å². The number of nitrogens with zero attached hydrogens (tertiary/aromatic N) is 1. The average molecular weight is 177 g/mol. The standard InChI is InChI=1S/C12H19N/c1-6-9-12(4,5)10-8-11(3)13-7-2/h6-10H,2H2,1,3-5H3/b9-6-,10-8-,13-11+. The summed E-state index contributed by atoms with van der Waals surface area (Å²) in [7, 11) is 0. The van der Waals surface area contributed by atoms with Crippen LogP contribution in [-0.2, 0) is 0 Å². The highest BCUT2D eigenvalue weighted by molar-refractivity contribution is 5.93. The summed E-state index contributed by atoms with van der Waals surface area (Å²) >= 11 is 0. The molecule has 0 heterocycles. The van der Waals surface area contributed by atoms with Gasteiger partial charge in [0.05, 0.1) is 0 Å². The molecule has 0 atom stereocenters. The summed E-state index contributed by atoms with van der Waals surface area (Å²) in [5.74, 6) is 0. The maximum atomic E-state index is 4.06. The van der Waals surface area contributed by atoms with Crippen LogP contribution in [0.15, 0.2) is 42.1 Å². The van der Waals surface area contributed by atoms with Crippen LogP contribution in [0.5, 0.6) is 0 Å². The van der Waals surface area contributed by atoms with Crippen LogP contribution in [0.3, 0.4) is 0 Å². The van der Waals surface area contributed by atoms with Crippen molar-refractivity contribution in [2.45, 2.75) is 27.7 Å². The molecule has 0 amide bonds. The largest absolute Gasteiger partial charge is 0.262 e. The van der Waals surface area contributed by atoms with Gasteiger partial charge in [-0.2, -0.15) is 0 Å². The Labute approximate surface area is 81.6 Å². The van der Waals surface area contributed by atoms with Crippen LogP contribution in [0.4, 0.5) is 0 Å². The van der Waals surface area contributed by atoms with E-state index in [4.69, 9.17) is 0 Å². The second-order valence-electron chi connectivity index (χ2n) is 3.61. The molecule has 0 aromatic rings. The fourth-order valence-corrected chi connectivity index (χ4v) is 1.01. The maximum Gasteiger partial charge on any atom is 0.0369 e. The van der Waals surface area contributed by atoms with E-state index in [2.05, 4.69) is 43.6 Å². The lowest BCUT2D eigenvalue weighted by Crippen LogP contribution is -2.02. The number of hydrogen-bond donors (Lipinski definition) is 0. The highest BCUT2D eigenvalue weighted by Gasteiger charge is 2.07. The minimum atomic E-state index is 0.104. The number of allylic oxidation sites excluding steroid dienone is 4. The molecule has 0 aliphatic rings. The first-order valence-electron chi connectivity index (χ1n) is 4.50. The zero-order chi connectivity index (χ0) is 10.3. The van der Waals surface area contributed by atoms with Crippen molar-refractivity contribution in [1.29, 1.82) is 0 Å². The molecule has 0 bridgehead atoms. The van der Waals surface area contributed by atoms with E-state index in [0.29, 0.717) is 0 Å². The Morgan fingerprint density at radius 1 is 1.31 bits per heavy atom. The third-order valence-electron chi connectivity index (χ3n) is 1.65. The monoisotopic (exact) mass is 177 g/mol. The summed E-state index contributed by atoms with van der Waals surface area (Å²) in [5, 5.41) is 0. The minimum absolute atomic E-state index is 0.104. The number of hydrogen-bond acceptors (Lipinski definition) is 1. The zero-order valence-electron chi connectivity index (χ0n) is 9.04. The van der Waals surface area contributed by atoms with Gasteiger partial charge < -0.3 is 0 Å². The van der Waals surface area contributed by atoms with Crippen molar-refractivity contribution in [2.24, 2.45) is 10.4 Å². The first-order chi connectivity index (χ1) is 6.02. The van der Waals surface area contributed by atoms with Gasteiger partial charge in [-0.15, -0.1) is 0 Å². The molecule has 0 spiro atoms. The van der Waals surface area contributed by atoms with Crippen molar-refractivity contribution in [3.05, 3.63) is 37.1 Å². The van der Waals surface area contributed by atoms with Crippen molar-refractivity contribution >= 4 is 5.71 Å². The van der Waals surface area contributed by atoms with E-state index >= 15 is 0 Å². The van der Waals surface area contributed by atoms with Crippen LogP contribution in [0.25, 0.3) is 0 Å².